The fourth-order valence-electron chi connectivity index (χ4n) is 4.01. The lowest BCUT2D eigenvalue weighted by Gasteiger charge is -2.51. The number of piperidine rings is 1. The second-order valence-corrected chi connectivity index (χ2v) is 7.56. The van der Waals surface area contributed by atoms with E-state index in [1.807, 2.05) is 0 Å². The minimum atomic E-state index is -1.79. The number of hydrogen-bond acceptors (Lipinski definition) is 5. The number of amides is 4. The first-order valence-corrected chi connectivity index (χ1v) is 9.59. The molecule has 2 heterocycles. The van der Waals surface area contributed by atoms with Crippen molar-refractivity contribution in [3.05, 3.63) is 70.8 Å². The molecule has 2 aliphatic heterocycles. The van der Waals surface area contributed by atoms with Crippen molar-refractivity contribution < 1.29 is 19.3 Å². The molecule has 2 fully saturated rings. The molecule has 154 valence electrons. The Hall–Kier alpha value is -3.46. The molecular formula is C20H17ClN4O5. The number of hydrogen-bond donors (Lipinski definition) is 0. The summed E-state index contributed by atoms with van der Waals surface area (Å²) in [5.41, 5.74) is 0.752. The number of halogens is 1. The number of imide groups is 1. The second kappa shape index (κ2) is 7.42. The van der Waals surface area contributed by atoms with E-state index in [-0.39, 0.29) is 0 Å². The van der Waals surface area contributed by atoms with Gasteiger partial charge in [-0.05, 0) is 24.3 Å². The highest BCUT2D eigenvalue weighted by Crippen LogP contribution is 2.40. The number of carbonyl (C=O) groups is 3. The largest absolute Gasteiger partial charge is 0.337 e. The molecule has 4 unspecified atom stereocenters. The van der Waals surface area contributed by atoms with E-state index in [4.69, 9.17) is 11.6 Å². The summed E-state index contributed by atoms with van der Waals surface area (Å²) in [5, 5.41) is 10.1. The lowest BCUT2D eigenvalue weighted by atomic mass is 9.86. The maximum Gasteiger partial charge on any atom is 0.337 e. The number of rotatable bonds is 3. The van der Waals surface area contributed by atoms with Gasteiger partial charge in [0.25, 0.3) is 5.91 Å². The number of anilines is 2. The second-order valence-electron chi connectivity index (χ2n) is 7.06. The zero-order valence-corrected chi connectivity index (χ0v) is 16.5. The Balaban J connectivity index is 1.90. The van der Waals surface area contributed by atoms with Gasteiger partial charge < -0.3 is 4.90 Å². The van der Waals surface area contributed by atoms with Gasteiger partial charge in [-0.25, -0.2) is 9.69 Å². The van der Waals surface area contributed by atoms with E-state index in [1.165, 1.54) is 11.9 Å². The Bertz CT molecular complexity index is 1020. The van der Waals surface area contributed by atoms with E-state index < -0.39 is 46.3 Å². The third kappa shape index (κ3) is 2.89. The van der Waals surface area contributed by atoms with Gasteiger partial charge in [-0.3, -0.25) is 24.6 Å². The summed E-state index contributed by atoms with van der Waals surface area (Å²) >= 11 is 6.38. The smallest absolute Gasteiger partial charge is 0.318 e. The van der Waals surface area contributed by atoms with E-state index in [0.29, 0.717) is 11.4 Å². The minimum Gasteiger partial charge on any atom is -0.318 e. The van der Waals surface area contributed by atoms with Crippen molar-refractivity contribution in [2.24, 2.45) is 5.92 Å². The van der Waals surface area contributed by atoms with Crippen LogP contribution in [0.1, 0.15) is 0 Å². The topological polar surface area (TPSA) is 104 Å². The number of likely N-dealkylation sites (tertiary alicyclic amines) is 1. The third-order valence-corrected chi connectivity index (χ3v) is 5.92. The van der Waals surface area contributed by atoms with Gasteiger partial charge in [-0.1, -0.05) is 36.4 Å². The summed E-state index contributed by atoms with van der Waals surface area (Å²) in [4.78, 5) is 53.7. The average Bonchev–Trinajstić information content (AvgIpc) is 2.73. The fraction of sp³-hybridized carbons (Fsp3) is 0.250. The van der Waals surface area contributed by atoms with Gasteiger partial charge in [-0.15, -0.1) is 11.6 Å². The number of nitro groups is 1. The third-order valence-electron chi connectivity index (χ3n) is 5.41. The predicted molar refractivity (Wildman–Crippen MR) is 109 cm³/mol. The standard InChI is InChI=1S/C20H17ClN4O5/c1-22-17-14(15(21)16(19(22)27)25(29)30)18(26)24(13-10-6-3-7-11-13)20(28)23(17)12-8-4-2-5-9-12/h2-11,14-17H,1H3. The number of carbonyl (C=O) groups excluding carboxylic acids is 3. The molecule has 0 saturated carbocycles. The van der Waals surface area contributed by atoms with Gasteiger partial charge in [0.05, 0.1) is 5.69 Å². The quantitative estimate of drug-likeness (QED) is 0.424. The van der Waals surface area contributed by atoms with Crippen molar-refractivity contribution in [1.29, 1.82) is 0 Å². The zero-order chi connectivity index (χ0) is 21.6. The minimum absolute atomic E-state index is 0.313. The van der Waals surface area contributed by atoms with Crippen molar-refractivity contribution in [2.75, 3.05) is 16.8 Å². The van der Waals surface area contributed by atoms with Gasteiger partial charge in [-0.2, -0.15) is 0 Å². The number of benzene rings is 2. The van der Waals surface area contributed by atoms with Gasteiger partial charge in [0.2, 0.25) is 5.91 Å². The molecule has 2 aliphatic rings. The molecule has 2 aromatic carbocycles. The fourth-order valence-corrected chi connectivity index (χ4v) is 4.45. The van der Waals surface area contributed by atoms with E-state index in [9.17, 15) is 24.5 Å². The van der Waals surface area contributed by atoms with Crippen LogP contribution in [0, 0.1) is 16.0 Å². The highest BCUT2D eigenvalue weighted by atomic mass is 35.5. The number of fused-ring (bicyclic) bond motifs is 1. The van der Waals surface area contributed by atoms with E-state index in [0.717, 1.165) is 9.80 Å². The van der Waals surface area contributed by atoms with Crippen LogP contribution in [-0.4, -0.2) is 52.3 Å². The SMILES string of the molecule is CN1C(=O)C([N+](=O)[O-])C(Cl)C2C(=O)N(c3ccccc3)C(=O)N(c3ccccc3)C21. The van der Waals surface area contributed by atoms with Crippen molar-refractivity contribution >= 4 is 40.8 Å². The summed E-state index contributed by atoms with van der Waals surface area (Å²) in [5.74, 6) is -2.73. The molecule has 0 aromatic heterocycles. The number of para-hydroxylation sites is 2. The molecule has 10 heteroatoms. The Morgan fingerprint density at radius 1 is 0.900 bits per heavy atom. The molecule has 0 bridgehead atoms. The number of likely N-dealkylation sites (N-methyl/N-ethyl adjacent to an activating group) is 1. The van der Waals surface area contributed by atoms with Crippen LogP contribution in [0.25, 0.3) is 0 Å². The van der Waals surface area contributed by atoms with E-state index in [2.05, 4.69) is 0 Å². The molecule has 4 amide bonds. The Morgan fingerprint density at radius 2 is 1.43 bits per heavy atom. The first-order valence-electron chi connectivity index (χ1n) is 9.16. The van der Waals surface area contributed by atoms with Crippen LogP contribution < -0.4 is 9.80 Å². The van der Waals surface area contributed by atoms with Crippen LogP contribution in [0.2, 0.25) is 0 Å². The molecule has 0 N–H and O–H groups in total. The van der Waals surface area contributed by atoms with Crippen molar-refractivity contribution in [3.63, 3.8) is 0 Å². The molecule has 4 rings (SSSR count). The van der Waals surface area contributed by atoms with Crippen LogP contribution >= 0.6 is 11.6 Å². The first-order chi connectivity index (χ1) is 14.3. The molecular weight excluding hydrogens is 412 g/mol. The monoisotopic (exact) mass is 428 g/mol. The molecule has 0 radical (unpaired) electrons. The lowest BCUT2D eigenvalue weighted by Crippen LogP contribution is -2.75. The molecule has 0 spiro atoms. The Kier molecular flexibility index (Phi) is 4.90. The van der Waals surface area contributed by atoms with Crippen molar-refractivity contribution in [2.45, 2.75) is 17.6 Å². The zero-order valence-electron chi connectivity index (χ0n) is 15.8. The van der Waals surface area contributed by atoms with Crippen LogP contribution in [0.4, 0.5) is 16.2 Å². The van der Waals surface area contributed by atoms with Gasteiger partial charge in [0, 0.05) is 17.7 Å². The molecule has 30 heavy (non-hydrogen) atoms. The predicted octanol–water partition coefficient (Wildman–Crippen LogP) is 2.33. The Morgan fingerprint density at radius 3 is 1.97 bits per heavy atom. The van der Waals surface area contributed by atoms with Crippen LogP contribution in [0.15, 0.2) is 60.7 Å². The van der Waals surface area contributed by atoms with Crippen LogP contribution in [0.5, 0.6) is 0 Å². The van der Waals surface area contributed by atoms with Gasteiger partial charge >= 0.3 is 12.1 Å². The normalized spacial score (nSPS) is 26.6. The highest BCUT2D eigenvalue weighted by Gasteiger charge is 2.62. The van der Waals surface area contributed by atoms with Crippen LogP contribution in [-0.2, 0) is 9.59 Å². The van der Waals surface area contributed by atoms with E-state index in [1.54, 1.807) is 60.7 Å². The molecule has 2 saturated heterocycles. The average molecular weight is 429 g/mol. The van der Waals surface area contributed by atoms with Crippen LogP contribution in [0.3, 0.4) is 0 Å². The molecule has 4 atom stereocenters. The maximum absolute atomic E-state index is 13.5. The molecule has 2 aromatic rings. The summed E-state index contributed by atoms with van der Waals surface area (Å²) in [6, 6.07) is 14.3. The van der Waals surface area contributed by atoms with Crippen molar-refractivity contribution in [3.8, 4) is 0 Å². The summed E-state index contributed by atoms with van der Waals surface area (Å²) in [6.07, 6.45) is -1.08. The number of urea groups is 1. The number of alkyl halides is 1. The first kappa shape index (κ1) is 19.8. The van der Waals surface area contributed by atoms with Gasteiger partial charge in [0.1, 0.15) is 17.5 Å². The number of nitrogens with zero attached hydrogens (tertiary/aromatic N) is 4. The lowest BCUT2D eigenvalue weighted by molar-refractivity contribution is -0.511. The maximum atomic E-state index is 13.5. The van der Waals surface area contributed by atoms with Crippen molar-refractivity contribution in [1.82, 2.24) is 4.90 Å². The highest BCUT2D eigenvalue weighted by molar-refractivity contribution is 6.29. The van der Waals surface area contributed by atoms with Gasteiger partial charge in [0.15, 0.2) is 0 Å². The summed E-state index contributed by atoms with van der Waals surface area (Å²) in [7, 11) is 1.34. The Labute approximate surface area is 176 Å². The summed E-state index contributed by atoms with van der Waals surface area (Å²) < 4.78 is 0. The van der Waals surface area contributed by atoms with E-state index >= 15 is 0 Å². The molecule has 9 nitrogen and oxygen atoms in total. The molecule has 0 aliphatic carbocycles. The summed E-state index contributed by atoms with van der Waals surface area (Å²) in [6.45, 7) is 0.